The summed E-state index contributed by atoms with van der Waals surface area (Å²) >= 11 is 0. The van der Waals surface area contributed by atoms with Crippen LogP contribution in [0.15, 0.2) is 36.5 Å². The zero-order chi connectivity index (χ0) is 12.2. The SMILES string of the molecule is O=C1CC/C=C/CC/C=C\CC/C=C/CCC1. The van der Waals surface area contributed by atoms with Crippen LogP contribution in [0.2, 0.25) is 0 Å². The predicted molar refractivity (Wildman–Crippen MR) is 74.0 cm³/mol. The maximum absolute atomic E-state index is 11.5. The third-order valence-electron chi connectivity index (χ3n) is 2.92. The molecule has 0 unspecified atom stereocenters. The second-order valence-electron chi connectivity index (χ2n) is 4.54. The van der Waals surface area contributed by atoms with Crippen molar-refractivity contribution in [1.29, 1.82) is 0 Å². The quantitative estimate of drug-likeness (QED) is 0.551. The summed E-state index contributed by atoms with van der Waals surface area (Å²) in [7, 11) is 0. The zero-order valence-electron chi connectivity index (χ0n) is 10.7. The highest BCUT2D eigenvalue weighted by atomic mass is 16.1. The van der Waals surface area contributed by atoms with Gasteiger partial charge in [0.25, 0.3) is 0 Å². The van der Waals surface area contributed by atoms with E-state index in [4.69, 9.17) is 0 Å². The number of carbonyl (C=O) groups is 1. The minimum atomic E-state index is 0.412. The molecule has 94 valence electrons. The number of allylic oxidation sites excluding steroid dienone is 6. The van der Waals surface area contributed by atoms with E-state index >= 15 is 0 Å². The van der Waals surface area contributed by atoms with Gasteiger partial charge in [0.1, 0.15) is 5.78 Å². The second-order valence-corrected chi connectivity index (χ2v) is 4.54. The average Bonchev–Trinajstić information content (AvgIpc) is 2.32. The predicted octanol–water partition coefficient (Wildman–Crippen LogP) is 4.75. The van der Waals surface area contributed by atoms with E-state index in [0.29, 0.717) is 5.78 Å². The lowest BCUT2D eigenvalue weighted by Gasteiger charge is -1.97. The maximum atomic E-state index is 11.5. The van der Waals surface area contributed by atoms with Crippen LogP contribution in [0.4, 0.5) is 0 Å². The van der Waals surface area contributed by atoms with Gasteiger partial charge in [-0.25, -0.2) is 0 Å². The first-order valence-electron chi connectivity index (χ1n) is 6.86. The molecule has 1 aliphatic carbocycles. The van der Waals surface area contributed by atoms with Gasteiger partial charge in [-0.15, -0.1) is 0 Å². The number of hydrogen-bond donors (Lipinski definition) is 0. The number of ketones is 1. The molecule has 0 saturated carbocycles. The van der Waals surface area contributed by atoms with E-state index in [1.54, 1.807) is 0 Å². The van der Waals surface area contributed by atoms with Crippen molar-refractivity contribution in [1.82, 2.24) is 0 Å². The van der Waals surface area contributed by atoms with Gasteiger partial charge in [-0.3, -0.25) is 4.79 Å². The molecule has 0 spiro atoms. The summed E-state index contributed by atoms with van der Waals surface area (Å²) in [6.45, 7) is 0. The van der Waals surface area contributed by atoms with Crippen molar-refractivity contribution in [3.8, 4) is 0 Å². The summed E-state index contributed by atoms with van der Waals surface area (Å²) in [5.41, 5.74) is 0. The standard InChI is InChI=1S/C16H24O/c17-16-14-12-10-8-6-4-2-1-3-5-7-9-11-13-15-16/h1-2,7-10H,3-6,11-15H2/b2-1-,9-7+,10-8+. The molecule has 0 aromatic rings. The molecule has 0 aliphatic heterocycles. The molecule has 0 fully saturated rings. The van der Waals surface area contributed by atoms with Gasteiger partial charge < -0.3 is 0 Å². The van der Waals surface area contributed by atoms with E-state index in [9.17, 15) is 4.79 Å². The molecule has 0 N–H and O–H groups in total. The fourth-order valence-electron chi connectivity index (χ4n) is 1.88. The second kappa shape index (κ2) is 10.1. The highest BCUT2D eigenvalue weighted by molar-refractivity contribution is 5.78. The Bertz CT molecular complexity index is 284. The minimum Gasteiger partial charge on any atom is -0.300 e. The van der Waals surface area contributed by atoms with Crippen molar-refractivity contribution < 1.29 is 4.79 Å². The van der Waals surface area contributed by atoms with Crippen molar-refractivity contribution in [3.05, 3.63) is 36.5 Å². The summed E-state index contributed by atoms with van der Waals surface area (Å²) in [6, 6.07) is 0. The zero-order valence-corrected chi connectivity index (χ0v) is 10.7. The van der Waals surface area contributed by atoms with E-state index in [2.05, 4.69) is 36.5 Å². The summed E-state index contributed by atoms with van der Waals surface area (Å²) in [5.74, 6) is 0.412. The Morgan fingerprint density at radius 3 is 1.65 bits per heavy atom. The molecule has 0 bridgehead atoms. The molecule has 0 aromatic carbocycles. The van der Waals surface area contributed by atoms with Crippen LogP contribution in [0.5, 0.6) is 0 Å². The van der Waals surface area contributed by atoms with Crippen LogP contribution >= 0.6 is 0 Å². The molecular weight excluding hydrogens is 208 g/mol. The van der Waals surface area contributed by atoms with Crippen LogP contribution in [-0.4, -0.2) is 5.78 Å². The van der Waals surface area contributed by atoms with Crippen LogP contribution in [0.1, 0.15) is 57.8 Å². The molecule has 1 rings (SSSR count). The highest BCUT2D eigenvalue weighted by Crippen LogP contribution is 2.06. The molecule has 0 amide bonds. The summed E-state index contributed by atoms with van der Waals surface area (Å²) in [4.78, 5) is 11.5. The number of hydrogen-bond acceptors (Lipinski definition) is 1. The van der Waals surface area contributed by atoms with Gasteiger partial charge in [-0.2, -0.15) is 0 Å². The third-order valence-corrected chi connectivity index (χ3v) is 2.92. The molecule has 0 aromatic heterocycles. The number of carbonyl (C=O) groups excluding carboxylic acids is 1. The van der Waals surface area contributed by atoms with Gasteiger partial charge in [0.05, 0.1) is 0 Å². The fourth-order valence-corrected chi connectivity index (χ4v) is 1.88. The van der Waals surface area contributed by atoms with Crippen molar-refractivity contribution in [3.63, 3.8) is 0 Å². The molecule has 0 heterocycles. The Morgan fingerprint density at radius 2 is 1.06 bits per heavy atom. The monoisotopic (exact) mass is 232 g/mol. The Kier molecular flexibility index (Phi) is 8.27. The molecule has 0 radical (unpaired) electrons. The Labute approximate surface area is 105 Å². The Hall–Kier alpha value is -1.11. The van der Waals surface area contributed by atoms with Gasteiger partial charge in [0.2, 0.25) is 0 Å². The lowest BCUT2D eigenvalue weighted by Crippen LogP contribution is -1.96. The lowest BCUT2D eigenvalue weighted by molar-refractivity contribution is -0.119. The Morgan fingerprint density at radius 1 is 0.588 bits per heavy atom. The minimum absolute atomic E-state index is 0.412. The molecule has 17 heavy (non-hydrogen) atoms. The van der Waals surface area contributed by atoms with E-state index in [1.165, 1.54) is 0 Å². The van der Waals surface area contributed by atoms with Gasteiger partial charge in [0, 0.05) is 12.8 Å². The first-order chi connectivity index (χ1) is 8.39. The largest absolute Gasteiger partial charge is 0.300 e. The smallest absolute Gasteiger partial charge is 0.133 e. The fraction of sp³-hybridized carbons (Fsp3) is 0.562. The summed E-state index contributed by atoms with van der Waals surface area (Å²) in [6.07, 6.45) is 22.2. The molecule has 1 heteroatoms. The highest BCUT2D eigenvalue weighted by Gasteiger charge is 1.98. The number of rotatable bonds is 0. The molecule has 0 saturated heterocycles. The van der Waals surface area contributed by atoms with Gasteiger partial charge >= 0.3 is 0 Å². The van der Waals surface area contributed by atoms with Crippen LogP contribution in [-0.2, 0) is 4.79 Å². The summed E-state index contributed by atoms with van der Waals surface area (Å²) < 4.78 is 0. The maximum Gasteiger partial charge on any atom is 0.133 e. The van der Waals surface area contributed by atoms with Crippen molar-refractivity contribution in [2.45, 2.75) is 57.8 Å². The molecule has 1 aliphatic rings. The molecule has 0 atom stereocenters. The van der Waals surface area contributed by atoms with E-state index in [0.717, 1.165) is 57.8 Å². The van der Waals surface area contributed by atoms with Crippen molar-refractivity contribution in [2.75, 3.05) is 0 Å². The lowest BCUT2D eigenvalue weighted by atomic mass is 10.1. The third kappa shape index (κ3) is 8.67. The van der Waals surface area contributed by atoms with Crippen LogP contribution in [0, 0.1) is 0 Å². The van der Waals surface area contributed by atoms with E-state index < -0.39 is 0 Å². The van der Waals surface area contributed by atoms with E-state index in [1.807, 2.05) is 0 Å². The normalized spacial score (nSPS) is 26.2. The van der Waals surface area contributed by atoms with Gasteiger partial charge in [0.15, 0.2) is 0 Å². The van der Waals surface area contributed by atoms with Crippen molar-refractivity contribution in [2.24, 2.45) is 0 Å². The van der Waals surface area contributed by atoms with Crippen LogP contribution in [0.3, 0.4) is 0 Å². The van der Waals surface area contributed by atoms with Crippen molar-refractivity contribution >= 4 is 5.78 Å². The van der Waals surface area contributed by atoms with Gasteiger partial charge in [-0.05, 0) is 44.9 Å². The first-order valence-corrected chi connectivity index (χ1v) is 6.86. The number of Topliss-reactive ketones (excluding diaryl/α,β-unsaturated/α-hetero) is 1. The average molecular weight is 232 g/mol. The topological polar surface area (TPSA) is 17.1 Å². The first kappa shape index (κ1) is 14.0. The molecular formula is C16H24O. The van der Waals surface area contributed by atoms with Crippen LogP contribution < -0.4 is 0 Å². The Balaban J connectivity index is 2.33. The van der Waals surface area contributed by atoms with E-state index in [-0.39, 0.29) is 0 Å². The molecule has 1 nitrogen and oxygen atoms in total. The van der Waals surface area contributed by atoms with Gasteiger partial charge in [-0.1, -0.05) is 36.5 Å². The van der Waals surface area contributed by atoms with Crippen LogP contribution in [0.25, 0.3) is 0 Å². The summed E-state index contributed by atoms with van der Waals surface area (Å²) in [5, 5.41) is 0.